The van der Waals surface area contributed by atoms with E-state index in [-0.39, 0.29) is 0 Å². The summed E-state index contributed by atoms with van der Waals surface area (Å²) in [7, 11) is 3.39. The number of hydrogen-bond acceptors (Lipinski definition) is 4. The van der Waals surface area contributed by atoms with Crippen LogP contribution in [0.4, 0.5) is 5.69 Å². The van der Waals surface area contributed by atoms with Gasteiger partial charge in [-0.2, -0.15) is 0 Å². The van der Waals surface area contributed by atoms with Crippen molar-refractivity contribution in [2.45, 2.75) is 32.2 Å². The zero-order chi connectivity index (χ0) is 17.6. The van der Waals surface area contributed by atoms with Gasteiger partial charge < -0.3 is 15.2 Å². The molecule has 1 heterocycles. The van der Waals surface area contributed by atoms with E-state index in [0.717, 1.165) is 49.7 Å². The third-order valence-corrected chi connectivity index (χ3v) is 5.02. The average Bonchev–Trinajstić information content (AvgIpc) is 2.65. The van der Waals surface area contributed by atoms with Crippen LogP contribution in [0.5, 0.6) is 11.5 Å². The number of benzene rings is 2. The van der Waals surface area contributed by atoms with E-state index in [1.807, 2.05) is 12.1 Å². The molecule has 0 aliphatic carbocycles. The van der Waals surface area contributed by atoms with Crippen LogP contribution in [0.1, 0.15) is 29.5 Å². The summed E-state index contributed by atoms with van der Waals surface area (Å²) < 4.78 is 10.9. The fourth-order valence-corrected chi connectivity index (χ4v) is 3.55. The molecule has 2 aromatic carbocycles. The molecular weight excluding hydrogens is 312 g/mol. The van der Waals surface area contributed by atoms with Gasteiger partial charge in [0, 0.05) is 18.8 Å². The molecule has 0 atom stereocenters. The molecule has 0 saturated heterocycles. The molecule has 3 rings (SSSR count). The third kappa shape index (κ3) is 4.26. The standard InChI is InChI=1S/C21H28N2O2/c1-24-20-13-17-10-12-23(15-18(17)14-21(20)25-2)11-6-5-8-16-7-3-4-9-19(16)22/h3-4,7,9,13-14H,5-6,8,10-12,15,22H2,1-2H3. The molecule has 0 radical (unpaired) electrons. The lowest BCUT2D eigenvalue weighted by atomic mass is 9.98. The minimum Gasteiger partial charge on any atom is -0.493 e. The predicted molar refractivity (Wildman–Crippen MR) is 102 cm³/mol. The van der Waals surface area contributed by atoms with E-state index in [9.17, 15) is 0 Å². The fourth-order valence-electron chi connectivity index (χ4n) is 3.55. The van der Waals surface area contributed by atoms with Gasteiger partial charge in [-0.05, 0) is 67.1 Å². The number of nitrogens with zero attached hydrogens (tertiary/aromatic N) is 1. The summed E-state index contributed by atoms with van der Waals surface area (Å²) in [5.74, 6) is 1.65. The lowest BCUT2D eigenvalue weighted by Gasteiger charge is -2.29. The van der Waals surface area contributed by atoms with Crippen molar-refractivity contribution in [1.82, 2.24) is 4.90 Å². The number of aryl methyl sites for hydroxylation is 1. The number of unbranched alkanes of at least 4 members (excludes halogenated alkanes) is 1. The number of nitrogens with two attached hydrogens (primary N) is 1. The number of hydrogen-bond donors (Lipinski definition) is 1. The van der Waals surface area contributed by atoms with Crippen molar-refractivity contribution in [2.75, 3.05) is 33.0 Å². The Morgan fingerprint density at radius 2 is 1.72 bits per heavy atom. The van der Waals surface area contributed by atoms with Crippen LogP contribution < -0.4 is 15.2 Å². The molecule has 134 valence electrons. The molecular formula is C21H28N2O2. The Kier molecular flexibility index (Phi) is 5.82. The number of para-hydroxylation sites is 1. The van der Waals surface area contributed by atoms with Gasteiger partial charge in [-0.3, -0.25) is 4.90 Å². The van der Waals surface area contributed by atoms with E-state index in [0.29, 0.717) is 0 Å². The number of methoxy groups -OCH3 is 2. The number of rotatable bonds is 7. The third-order valence-electron chi connectivity index (χ3n) is 5.02. The molecule has 2 N–H and O–H groups in total. The van der Waals surface area contributed by atoms with Crippen LogP contribution in [-0.2, 0) is 19.4 Å². The van der Waals surface area contributed by atoms with Gasteiger partial charge in [-0.25, -0.2) is 0 Å². The van der Waals surface area contributed by atoms with Crippen LogP contribution in [-0.4, -0.2) is 32.2 Å². The molecule has 0 aromatic heterocycles. The van der Waals surface area contributed by atoms with E-state index < -0.39 is 0 Å². The predicted octanol–water partition coefficient (Wildman–Crippen LogP) is 3.67. The first-order valence-corrected chi connectivity index (χ1v) is 9.00. The molecule has 2 aromatic rings. The van der Waals surface area contributed by atoms with E-state index in [1.54, 1.807) is 14.2 Å². The molecule has 0 spiro atoms. The van der Waals surface area contributed by atoms with Crippen molar-refractivity contribution < 1.29 is 9.47 Å². The Labute approximate surface area is 150 Å². The molecule has 0 fully saturated rings. The highest BCUT2D eigenvalue weighted by atomic mass is 16.5. The van der Waals surface area contributed by atoms with E-state index in [4.69, 9.17) is 15.2 Å². The maximum absolute atomic E-state index is 6.02. The summed E-state index contributed by atoms with van der Waals surface area (Å²) in [4.78, 5) is 2.53. The zero-order valence-corrected chi connectivity index (χ0v) is 15.3. The summed E-state index contributed by atoms with van der Waals surface area (Å²) >= 11 is 0. The lowest BCUT2D eigenvalue weighted by molar-refractivity contribution is 0.247. The van der Waals surface area contributed by atoms with Crippen LogP contribution in [0.3, 0.4) is 0 Å². The minimum absolute atomic E-state index is 0.822. The zero-order valence-electron chi connectivity index (χ0n) is 15.3. The largest absolute Gasteiger partial charge is 0.493 e. The highest BCUT2D eigenvalue weighted by molar-refractivity contribution is 5.48. The number of fused-ring (bicyclic) bond motifs is 1. The second kappa shape index (κ2) is 8.26. The minimum atomic E-state index is 0.822. The van der Waals surface area contributed by atoms with Crippen LogP contribution in [0.15, 0.2) is 36.4 Å². The monoisotopic (exact) mass is 340 g/mol. The van der Waals surface area contributed by atoms with Crippen molar-refractivity contribution in [3.05, 3.63) is 53.1 Å². The normalized spacial score (nSPS) is 14.2. The number of ether oxygens (including phenoxy) is 2. The van der Waals surface area contributed by atoms with Crippen LogP contribution in [0.2, 0.25) is 0 Å². The van der Waals surface area contributed by atoms with Gasteiger partial charge in [0.05, 0.1) is 14.2 Å². The topological polar surface area (TPSA) is 47.7 Å². The summed E-state index contributed by atoms with van der Waals surface area (Å²) in [5.41, 5.74) is 10.9. The van der Waals surface area contributed by atoms with Crippen molar-refractivity contribution >= 4 is 5.69 Å². The number of anilines is 1. The van der Waals surface area contributed by atoms with E-state index in [2.05, 4.69) is 29.2 Å². The molecule has 1 aliphatic rings. The van der Waals surface area contributed by atoms with Crippen molar-refractivity contribution in [3.63, 3.8) is 0 Å². The number of nitrogen functional groups attached to an aromatic ring is 1. The molecule has 4 heteroatoms. The maximum atomic E-state index is 6.02. The Morgan fingerprint density at radius 3 is 2.44 bits per heavy atom. The van der Waals surface area contributed by atoms with Crippen LogP contribution in [0.25, 0.3) is 0 Å². The maximum Gasteiger partial charge on any atom is 0.161 e. The SMILES string of the molecule is COc1cc2c(cc1OC)CN(CCCCc1ccccc1N)CC2. The van der Waals surface area contributed by atoms with Crippen LogP contribution in [0, 0.1) is 0 Å². The van der Waals surface area contributed by atoms with Gasteiger partial charge in [0.2, 0.25) is 0 Å². The van der Waals surface area contributed by atoms with Gasteiger partial charge >= 0.3 is 0 Å². The quantitative estimate of drug-likeness (QED) is 0.617. The van der Waals surface area contributed by atoms with Gasteiger partial charge in [0.25, 0.3) is 0 Å². The average molecular weight is 340 g/mol. The van der Waals surface area contributed by atoms with Gasteiger partial charge in [0.1, 0.15) is 0 Å². The highest BCUT2D eigenvalue weighted by Crippen LogP contribution is 2.33. The molecule has 1 aliphatic heterocycles. The first-order chi connectivity index (χ1) is 12.2. The molecule has 0 amide bonds. The fraction of sp³-hybridized carbons (Fsp3) is 0.429. The summed E-state index contributed by atoms with van der Waals surface area (Å²) in [6, 6.07) is 12.4. The Balaban J connectivity index is 1.52. The molecule has 0 saturated carbocycles. The Bertz CT molecular complexity index is 715. The van der Waals surface area contributed by atoms with Gasteiger partial charge in [-0.15, -0.1) is 0 Å². The molecule has 4 nitrogen and oxygen atoms in total. The van der Waals surface area contributed by atoms with Crippen molar-refractivity contribution in [2.24, 2.45) is 0 Å². The summed E-state index contributed by atoms with van der Waals surface area (Å²) in [6.07, 6.45) is 4.49. The molecule has 25 heavy (non-hydrogen) atoms. The van der Waals surface area contributed by atoms with E-state index >= 15 is 0 Å². The van der Waals surface area contributed by atoms with Gasteiger partial charge in [0.15, 0.2) is 11.5 Å². The van der Waals surface area contributed by atoms with E-state index in [1.165, 1.54) is 29.5 Å². The van der Waals surface area contributed by atoms with Crippen molar-refractivity contribution in [3.8, 4) is 11.5 Å². The second-order valence-electron chi connectivity index (χ2n) is 6.66. The smallest absolute Gasteiger partial charge is 0.161 e. The second-order valence-corrected chi connectivity index (χ2v) is 6.66. The Hall–Kier alpha value is -2.20. The lowest BCUT2D eigenvalue weighted by Crippen LogP contribution is -2.31. The van der Waals surface area contributed by atoms with Gasteiger partial charge in [-0.1, -0.05) is 18.2 Å². The van der Waals surface area contributed by atoms with Crippen LogP contribution >= 0.6 is 0 Å². The first-order valence-electron chi connectivity index (χ1n) is 9.00. The molecule has 0 unspecified atom stereocenters. The highest BCUT2D eigenvalue weighted by Gasteiger charge is 2.19. The summed E-state index contributed by atoms with van der Waals surface area (Å²) in [5, 5.41) is 0. The summed E-state index contributed by atoms with van der Waals surface area (Å²) in [6.45, 7) is 3.22. The van der Waals surface area contributed by atoms with Crippen molar-refractivity contribution in [1.29, 1.82) is 0 Å². The molecule has 0 bridgehead atoms. The Morgan fingerprint density at radius 1 is 1.00 bits per heavy atom. The first kappa shape index (κ1) is 17.6.